The molecule has 194 valence electrons. The van der Waals surface area contributed by atoms with Gasteiger partial charge in [-0.2, -0.15) is 0 Å². The van der Waals surface area contributed by atoms with E-state index in [1.54, 1.807) is 0 Å². The highest BCUT2D eigenvalue weighted by atomic mass is 16.5. The SMILES string of the molecule is CCCOc1ccc([C@@H]2C(C(=O)OC3CCCCC3)=C(C)NC3=C2C(=O)[C@H](C(=O)OC)[C@H](C)C3)cc1. The summed E-state index contributed by atoms with van der Waals surface area (Å²) in [6.07, 6.45) is 6.25. The minimum Gasteiger partial charge on any atom is -0.494 e. The lowest BCUT2D eigenvalue weighted by Crippen LogP contribution is -2.43. The average molecular weight is 496 g/mol. The van der Waals surface area contributed by atoms with Crippen LogP contribution in [-0.4, -0.2) is 37.5 Å². The van der Waals surface area contributed by atoms with Crippen LogP contribution in [0.1, 0.15) is 77.2 Å². The average Bonchev–Trinajstić information content (AvgIpc) is 2.87. The first kappa shape index (κ1) is 26.0. The molecule has 1 heterocycles. The van der Waals surface area contributed by atoms with Crippen LogP contribution in [0.5, 0.6) is 5.75 Å². The number of Topliss-reactive ketones (excluding diaryl/α,β-unsaturated/α-hetero) is 1. The van der Waals surface area contributed by atoms with Gasteiger partial charge in [0.05, 0.1) is 19.3 Å². The summed E-state index contributed by atoms with van der Waals surface area (Å²) in [7, 11) is 1.30. The zero-order valence-corrected chi connectivity index (χ0v) is 21.7. The van der Waals surface area contributed by atoms with Gasteiger partial charge in [-0.25, -0.2) is 4.79 Å². The van der Waals surface area contributed by atoms with Gasteiger partial charge < -0.3 is 19.5 Å². The molecule has 36 heavy (non-hydrogen) atoms. The van der Waals surface area contributed by atoms with Crippen LogP contribution < -0.4 is 10.1 Å². The summed E-state index contributed by atoms with van der Waals surface area (Å²) in [5.74, 6) is -2.27. The van der Waals surface area contributed by atoms with Crippen molar-refractivity contribution in [2.24, 2.45) is 11.8 Å². The van der Waals surface area contributed by atoms with Crippen LogP contribution in [0.2, 0.25) is 0 Å². The molecule has 1 N–H and O–H groups in total. The van der Waals surface area contributed by atoms with E-state index < -0.39 is 23.8 Å². The summed E-state index contributed by atoms with van der Waals surface area (Å²) in [5, 5.41) is 3.32. The number of methoxy groups -OCH3 is 1. The molecular weight excluding hydrogens is 458 g/mol. The van der Waals surface area contributed by atoms with Crippen molar-refractivity contribution >= 4 is 17.7 Å². The molecule has 1 aromatic rings. The summed E-state index contributed by atoms with van der Waals surface area (Å²) in [6, 6.07) is 7.51. The van der Waals surface area contributed by atoms with Gasteiger partial charge in [-0.15, -0.1) is 0 Å². The maximum absolute atomic E-state index is 13.8. The van der Waals surface area contributed by atoms with E-state index in [1.165, 1.54) is 7.11 Å². The number of benzene rings is 1. The monoisotopic (exact) mass is 495 g/mol. The Labute approximate surface area is 213 Å². The van der Waals surface area contributed by atoms with Gasteiger partial charge in [-0.05, 0) is 69.1 Å². The van der Waals surface area contributed by atoms with Gasteiger partial charge in [0.1, 0.15) is 17.8 Å². The second-order valence-electron chi connectivity index (χ2n) is 10.1. The fourth-order valence-electron chi connectivity index (χ4n) is 5.66. The molecule has 0 aromatic heterocycles. The minimum atomic E-state index is -0.903. The number of esters is 2. The Bertz CT molecular complexity index is 1060. The zero-order valence-electron chi connectivity index (χ0n) is 21.7. The van der Waals surface area contributed by atoms with Crippen molar-refractivity contribution in [1.29, 1.82) is 0 Å². The smallest absolute Gasteiger partial charge is 0.337 e. The maximum atomic E-state index is 13.8. The highest BCUT2D eigenvalue weighted by molar-refractivity contribution is 6.12. The van der Waals surface area contributed by atoms with E-state index in [1.807, 2.05) is 45.0 Å². The van der Waals surface area contributed by atoms with Crippen LogP contribution in [-0.2, 0) is 23.9 Å². The molecule has 2 aliphatic carbocycles. The van der Waals surface area contributed by atoms with Gasteiger partial charge in [0, 0.05) is 22.9 Å². The number of hydrogen-bond donors (Lipinski definition) is 1. The molecule has 0 radical (unpaired) electrons. The maximum Gasteiger partial charge on any atom is 0.337 e. The summed E-state index contributed by atoms with van der Waals surface area (Å²) in [4.78, 5) is 40.0. The van der Waals surface area contributed by atoms with Crippen molar-refractivity contribution in [1.82, 2.24) is 5.32 Å². The summed E-state index contributed by atoms with van der Waals surface area (Å²) >= 11 is 0. The first-order valence-electron chi connectivity index (χ1n) is 13.1. The Kier molecular flexibility index (Phi) is 8.17. The van der Waals surface area contributed by atoms with Crippen LogP contribution in [0.15, 0.2) is 46.8 Å². The number of nitrogens with one attached hydrogen (secondary N) is 1. The lowest BCUT2D eigenvalue weighted by molar-refractivity contribution is -0.151. The Balaban J connectivity index is 1.75. The zero-order chi connectivity index (χ0) is 25.8. The van der Waals surface area contributed by atoms with Gasteiger partial charge in [0.15, 0.2) is 5.78 Å². The van der Waals surface area contributed by atoms with E-state index in [-0.39, 0.29) is 17.8 Å². The van der Waals surface area contributed by atoms with Crippen molar-refractivity contribution in [2.75, 3.05) is 13.7 Å². The second-order valence-corrected chi connectivity index (χ2v) is 10.1. The van der Waals surface area contributed by atoms with Gasteiger partial charge in [0.2, 0.25) is 0 Å². The number of dihydropyridines is 1. The number of carbonyl (C=O) groups excluding carboxylic acids is 3. The Morgan fingerprint density at radius 1 is 1.08 bits per heavy atom. The molecule has 3 atom stereocenters. The van der Waals surface area contributed by atoms with E-state index in [4.69, 9.17) is 14.2 Å². The molecule has 1 aliphatic heterocycles. The van der Waals surface area contributed by atoms with Gasteiger partial charge in [-0.1, -0.05) is 32.4 Å². The van der Waals surface area contributed by atoms with Crippen molar-refractivity contribution in [3.63, 3.8) is 0 Å². The molecule has 0 bridgehead atoms. The topological polar surface area (TPSA) is 90.9 Å². The molecule has 1 saturated carbocycles. The summed E-state index contributed by atoms with van der Waals surface area (Å²) in [5.41, 5.74) is 3.10. The van der Waals surface area contributed by atoms with Crippen molar-refractivity contribution in [3.8, 4) is 5.75 Å². The fourth-order valence-corrected chi connectivity index (χ4v) is 5.66. The molecule has 0 spiro atoms. The predicted octanol–water partition coefficient (Wildman–Crippen LogP) is 4.96. The number of allylic oxidation sites excluding steroid dienone is 3. The van der Waals surface area contributed by atoms with Crippen LogP contribution in [0.25, 0.3) is 0 Å². The summed E-state index contributed by atoms with van der Waals surface area (Å²) in [6.45, 7) is 6.39. The van der Waals surface area contributed by atoms with Crippen LogP contribution in [0.3, 0.4) is 0 Å². The number of ketones is 1. The first-order chi connectivity index (χ1) is 17.3. The lowest BCUT2D eigenvalue weighted by atomic mass is 9.69. The van der Waals surface area contributed by atoms with E-state index in [0.29, 0.717) is 29.9 Å². The third-order valence-electron chi connectivity index (χ3n) is 7.48. The van der Waals surface area contributed by atoms with Crippen LogP contribution in [0.4, 0.5) is 0 Å². The highest BCUT2D eigenvalue weighted by Gasteiger charge is 2.47. The molecular formula is C29H37NO6. The van der Waals surface area contributed by atoms with Crippen molar-refractivity contribution < 1.29 is 28.6 Å². The minimum absolute atomic E-state index is 0.114. The standard InChI is InChI=1S/C29H37NO6/c1-5-15-35-20-13-11-19(12-14-20)25-24(29(33)36-21-9-7-6-8-10-21)18(3)30-22-16-17(2)23(28(32)34-4)27(31)26(22)25/h11-14,17,21,23,25,30H,5-10,15-16H2,1-4H3/t17-,23-,25-/m1/s1. The van der Waals surface area contributed by atoms with E-state index >= 15 is 0 Å². The van der Waals surface area contributed by atoms with E-state index in [0.717, 1.165) is 55.5 Å². The van der Waals surface area contributed by atoms with Gasteiger partial charge in [-0.3, -0.25) is 9.59 Å². The predicted molar refractivity (Wildman–Crippen MR) is 135 cm³/mol. The van der Waals surface area contributed by atoms with Gasteiger partial charge in [0.25, 0.3) is 0 Å². The third kappa shape index (κ3) is 5.20. The molecule has 3 aliphatic rings. The largest absolute Gasteiger partial charge is 0.494 e. The van der Waals surface area contributed by atoms with E-state index in [2.05, 4.69) is 5.32 Å². The van der Waals surface area contributed by atoms with Crippen molar-refractivity contribution in [3.05, 3.63) is 52.4 Å². The lowest BCUT2D eigenvalue weighted by Gasteiger charge is -2.38. The molecule has 4 rings (SSSR count). The molecule has 1 fully saturated rings. The number of carbonyl (C=O) groups is 3. The number of ether oxygens (including phenoxy) is 3. The number of rotatable bonds is 7. The Hall–Kier alpha value is -3.09. The highest BCUT2D eigenvalue weighted by Crippen LogP contribution is 2.46. The third-order valence-corrected chi connectivity index (χ3v) is 7.48. The molecule has 0 saturated heterocycles. The van der Waals surface area contributed by atoms with Crippen LogP contribution >= 0.6 is 0 Å². The Morgan fingerprint density at radius 3 is 2.42 bits per heavy atom. The second kappa shape index (κ2) is 11.3. The van der Waals surface area contributed by atoms with E-state index in [9.17, 15) is 14.4 Å². The Morgan fingerprint density at radius 2 is 1.78 bits per heavy atom. The quantitative estimate of drug-likeness (QED) is 0.422. The molecule has 7 nitrogen and oxygen atoms in total. The summed E-state index contributed by atoms with van der Waals surface area (Å²) < 4.78 is 16.7. The fraction of sp³-hybridized carbons (Fsp3) is 0.552. The normalized spacial score (nSPS) is 24.7. The molecule has 7 heteroatoms. The van der Waals surface area contributed by atoms with Crippen LogP contribution in [0, 0.1) is 11.8 Å². The molecule has 1 aromatic carbocycles. The van der Waals surface area contributed by atoms with Crippen molar-refractivity contribution in [2.45, 2.75) is 77.7 Å². The molecule has 0 unspecified atom stereocenters. The van der Waals surface area contributed by atoms with Gasteiger partial charge >= 0.3 is 11.9 Å². The first-order valence-corrected chi connectivity index (χ1v) is 13.1. The molecule has 0 amide bonds. The number of hydrogen-bond acceptors (Lipinski definition) is 7.